The van der Waals surface area contributed by atoms with Crippen molar-refractivity contribution in [1.82, 2.24) is 16.0 Å². The number of primary amides is 1. The van der Waals surface area contributed by atoms with E-state index in [1.54, 1.807) is 13.0 Å². The average molecular weight is 1440 g/mol. The van der Waals surface area contributed by atoms with Crippen LogP contribution in [0.15, 0.2) is 70.7 Å². The van der Waals surface area contributed by atoms with Gasteiger partial charge < -0.3 is 125 Å². The Hall–Kier alpha value is -6.00. The van der Waals surface area contributed by atoms with Crippen molar-refractivity contribution in [3.63, 3.8) is 0 Å². The Morgan fingerprint density at radius 3 is 1.82 bits per heavy atom. The van der Waals surface area contributed by atoms with E-state index in [0.717, 1.165) is 64.0 Å². The molecule has 21 unspecified atom stereocenters. The number of carboxylic acid groups (broad SMARTS) is 2. The lowest BCUT2D eigenvalue weighted by Crippen LogP contribution is -2.72. The van der Waals surface area contributed by atoms with E-state index in [2.05, 4.69) is 75.4 Å². The van der Waals surface area contributed by atoms with Gasteiger partial charge >= 0.3 is 25.9 Å². The van der Waals surface area contributed by atoms with Gasteiger partial charge in [0.05, 0.1) is 26.4 Å². The molecule has 4 aliphatic heterocycles. The van der Waals surface area contributed by atoms with Crippen LogP contribution in [0.1, 0.15) is 120 Å². The number of nitrogens with one attached hydrogen (secondary N) is 3. The molecule has 5 aliphatic rings. The van der Waals surface area contributed by atoms with E-state index < -0.39 is 209 Å². The van der Waals surface area contributed by atoms with Crippen molar-refractivity contribution in [3.05, 3.63) is 70.7 Å². The van der Waals surface area contributed by atoms with Crippen LogP contribution in [-0.4, -0.2) is 257 Å². The number of aliphatic carboxylic acids is 2. The molecule has 35 nitrogen and oxygen atoms in total. The smallest absolute Gasteiger partial charge is 0.474 e. The predicted molar refractivity (Wildman–Crippen MR) is 339 cm³/mol. The molecule has 5 rings (SSSR count). The van der Waals surface area contributed by atoms with Crippen LogP contribution in [0.2, 0.25) is 0 Å². The van der Waals surface area contributed by atoms with Gasteiger partial charge in [-0.3, -0.25) is 28.2 Å². The summed E-state index contributed by atoms with van der Waals surface area (Å²) in [5, 5.41) is 127. The highest BCUT2D eigenvalue weighted by Crippen LogP contribution is 2.49. The Kier molecular flexibility index (Phi) is 31.5. The fourth-order valence-electron chi connectivity index (χ4n) is 11.2. The lowest BCUT2D eigenvalue weighted by Gasteiger charge is -2.51. The zero-order chi connectivity index (χ0) is 74.2. The number of carbonyl (C=O) groups excluding carboxylic acids is 5. The number of carbonyl (C=O) groups is 7. The van der Waals surface area contributed by atoms with Crippen molar-refractivity contribution < 1.29 is 151 Å². The number of allylic oxidation sites excluding steroid dienone is 10. The second-order valence-corrected chi connectivity index (χ2v) is 27.4. The first-order chi connectivity index (χ1) is 46.2. The van der Waals surface area contributed by atoms with Crippen LogP contribution in [-0.2, 0) is 85.0 Å². The zero-order valence-corrected chi connectivity index (χ0v) is 57.4. The molecular formula is C63H97N4O31P. The fourth-order valence-corrected chi connectivity index (χ4v) is 12.1. The van der Waals surface area contributed by atoms with Gasteiger partial charge in [-0.05, 0) is 85.0 Å². The summed E-state index contributed by atoms with van der Waals surface area (Å²) >= 11 is 0. The van der Waals surface area contributed by atoms with Gasteiger partial charge in [-0.2, -0.15) is 0 Å². The number of hydrogen-bond donors (Lipinski definition) is 16. The van der Waals surface area contributed by atoms with Crippen molar-refractivity contribution in [2.24, 2.45) is 11.1 Å². The van der Waals surface area contributed by atoms with Crippen LogP contribution in [0, 0.1) is 5.41 Å². The van der Waals surface area contributed by atoms with Gasteiger partial charge in [-0.25, -0.2) is 18.9 Å². The molecule has 99 heavy (non-hydrogen) atoms. The average Bonchev–Trinajstić information content (AvgIpc) is 1.26. The van der Waals surface area contributed by atoms with E-state index in [4.69, 9.17) is 57.4 Å². The van der Waals surface area contributed by atoms with Crippen LogP contribution >= 0.6 is 7.82 Å². The third-order valence-electron chi connectivity index (χ3n) is 16.8. The molecule has 0 aromatic carbocycles. The molecule has 22 atom stereocenters. The highest BCUT2D eigenvalue weighted by Gasteiger charge is 2.63. The second kappa shape index (κ2) is 37.3. The number of rotatable bonds is 35. The molecule has 0 radical (unpaired) electrons. The lowest BCUT2D eigenvalue weighted by molar-refractivity contribution is -0.372. The lowest BCUT2D eigenvalue weighted by atomic mass is 9.85. The van der Waals surface area contributed by atoms with Gasteiger partial charge in [0.2, 0.25) is 11.8 Å². The van der Waals surface area contributed by atoms with Gasteiger partial charge in [0, 0.05) is 26.7 Å². The Labute approximate surface area is 571 Å². The minimum atomic E-state index is -5.79. The van der Waals surface area contributed by atoms with E-state index >= 15 is 0 Å². The Bertz CT molecular complexity index is 3040. The number of phosphoric acid groups is 1. The topological polar surface area (TPSA) is 543 Å². The van der Waals surface area contributed by atoms with Crippen molar-refractivity contribution in [2.75, 3.05) is 26.4 Å². The number of phosphoric ester groups is 1. The molecule has 4 heterocycles. The fraction of sp³-hybridized carbons (Fsp3) is 0.698. The van der Waals surface area contributed by atoms with E-state index in [0.29, 0.717) is 12.8 Å². The molecule has 0 bridgehead atoms. The van der Waals surface area contributed by atoms with Gasteiger partial charge in [0.25, 0.3) is 5.91 Å². The third kappa shape index (κ3) is 23.8. The predicted octanol–water partition coefficient (Wildman–Crippen LogP) is -0.280. The summed E-state index contributed by atoms with van der Waals surface area (Å²) in [5.41, 5.74) is 6.28. The summed E-state index contributed by atoms with van der Waals surface area (Å²) in [5.74, 6) is -8.08. The molecule has 1 aliphatic carbocycles. The minimum Gasteiger partial charge on any atom is -0.510 e. The number of Topliss-reactive ketones (excluding diaryl/α,β-unsaturated/α-hetero) is 1. The highest BCUT2D eigenvalue weighted by atomic mass is 31.2. The largest absolute Gasteiger partial charge is 0.510 e. The molecule has 0 saturated carbocycles. The van der Waals surface area contributed by atoms with E-state index in [9.17, 15) is 99.2 Å². The van der Waals surface area contributed by atoms with E-state index in [1.807, 2.05) is 6.08 Å². The van der Waals surface area contributed by atoms with Crippen molar-refractivity contribution in [3.8, 4) is 0 Å². The van der Waals surface area contributed by atoms with Gasteiger partial charge in [-0.15, -0.1) is 0 Å². The molecule has 560 valence electrons. The quantitative estimate of drug-likeness (QED) is 0.0287. The number of carboxylic acids is 2. The normalized spacial score (nSPS) is 33.3. The number of amides is 4. The third-order valence-corrected chi connectivity index (χ3v) is 17.8. The summed E-state index contributed by atoms with van der Waals surface area (Å²) in [6, 6.07) is -3.92. The van der Waals surface area contributed by atoms with Gasteiger partial charge in [0.1, 0.15) is 84.1 Å². The first-order valence-corrected chi connectivity index (χ1v) is 33.4. The summed E-state index contributed by atoms with van der Waals surface area (Å²) in [6.07, 6.45) is -25.8. The molecule has 0 aromatic heterocycles. The van der Waals surface area contributed by atoms with Crippen molar-refractivity contribution >= 4 is 49.4 Å². The molecule has 4 saturated heterocycles. The van der Waals surface area contributed by atoms with E-state index in [1.165, 1.54) is 11.1 Å². The zero-order valence-electron chi connectivity index (χ0n) is 56.5. The molecule has 36 heteroatoms. The van der Waals surface area contributed by atoms with Crippen LogP contribution < -0.4 is 21.7 Å². The number of hydrogen-bond acceptors (Lipinski definition) is 28. The number of aliphatic hydroxyl groups excluding tert-OH is 8. The summed E-state index contributed by atoms with van der Waals surface area (Å²) in [6.45, 7) is 15.3. The number of nitrogens with two attached hydrogens (primary N) is 1. The molecule has 4 fully saturated rings. The van der Waals surface area contributed by atoms with Crippen LogP contribution in [0.3, 0.4) is 0 Å². The SMILES string of the molecule is C=C(C/C=C(\C)CCC=C(C)C)CCC(C)(C)/C=C/CC/C(C)=C\CO[C@H](COP(=O)(O)OC1OC(C(=O)O)C(C)(O)C(OC(N)=O)C1OC1OC(CO)C(OC2OC(CO)C(OC3OC(C(=O)NC4=C(O)CCC4=O)C(O)C(O)C3O)C(O)C2NC(C)=O)C(O)C1NC(C)=O)C(=O)O. The van der Waals surface area contributed by atoms with Crippen LogP contribution in [0.5, 0.6) is 0 Å². The Morgan fingerprint density at radius 2 is 1.30 bits per heavy atom. The summed E-state index contributed by atoms with van der Waals surface area (Å²) in [4.78, 5) is 99.9. The molecule has 4 amide bonds. The maximum Gasteiger partial charge on any atom is 0.474 e. The maximum absolute atomic E-state index is 13.8. The maximum atomic E-state index is 13.8. The Balaban J connectivity index is 1.31. The molecule has 0 spiro atoms. The standard InChI is InChI=1S/C63H97N4O31P/c1-29(2)14-13-16-30(3)17-18-32(5)21-24-62(8,9)23-12-11-15-31(4)22-25-88-39(55(80)81)28-89-99(86,87)98-60-51(52(97-61(64)84)63(10,85)53(96-60)56(82)83)95-58-42(66-34(7)71)43(74)48(37(26-68)91-58)92-57-41(65-33(6)70)44(75)49(38(27-69)90-57)93-59-47(78)45(76)46(77)50(94-59)54(79)67-40-35(72)19-20-36(40)73/h12,14,17,22-23,37-39,41-53,57-60,68-69,72,74-78,85H,5,11,13,15-16,18-21,24-28H2,1-4,6-10H3,(H2,64,84)(H,65,70)(H,66,71)(H,67,79)(H,80,81)(H,82,83)(H,86,87)/b23-12+,30-17+,31-22-/t37?,38?,39-,41?,42?,43?,44?,45?,46?,47?,48?,49?,50?,51?,52?,53?,57?,58?,59?,60?,63?/m1/s1. The van der Waals surface area contributed by atoms with Crippen molar-refractivity contribution in [1.29, 1.82) is 0 Å². The van der Waals surface area contributed by atoms with Gasteiger partial charge in [-0.1, -0.05) is 73.1 Å². The molecular weight excluding hydrogens is 1340 g/mol. The second-order valence-electron chi connectivity index (χ2n) is 26.0. The first-order valence-electron chi connectivity index (χ1n) is 31.9. The van der Waals surface area contributed by atoms with Gasteiger partial charge in [0.15, 0.2) is 61.5 Å². The Morgan fingerprint density at radius 1 is 0.747 bits per heavy atom. The van der Waals surface area contributed by atoms with Crippen molar-refractivity contribution in [2.45, 2.75) is 248 Å². The van der Waals surface area contributed by atoms with Crippen LogP contribution in [0.25, 0.3) is 0 Å². The number of ketones is 1. The molecule has 17 N–H and O–H groups in total. The first kappa shape index (κ1) is 83.7. The number of ether oxygens (including phenoxy) is 9. The summed E-state index contributed by atoms with van der Waals surface area (Å²) < 4.78 is 75.4. The van der Waals surface area contributed by atoms with Crippen LogP contribution in [0.4, 0.5) is 4.79 Å². The van der Waals surface area contributed by atoms with E-state index in [-0.39, 0.29) is 24.9 Å². The minimum absolute atomic E-state index is 0.122. The highest BCUT2D eigenvalue weighted by molar-refractivity contribution is 7.47. The monoisotopic (exact) mass is 1440 g/mol. The molecule has 0 aromatic rings. The summed E-state index contributed by atoms with van der Waals surface area (Å²) in [7, 11) is -5.79. The number of aliphatic hydroxyl groups is 9.